The van der Waals surface area contributed by atoms with Crippen molar-refractivity contribution in [2.45, 2.75) is 6.92 Å². The van der Waals surface area contributed by atoms with Crippen molar-refractivity contribution in [3.63, 3.8) is 0 Å². The summed E-state index contributed by atoms with van der Waals surface area (Å²) in [6.07, 6.45) is 0. The predicted molar refractivity (Wildman–Crippen MR) is 91.2 cm³/mol. The Labute approximate surface area is 139 Å². The summed E-state index contributed by atoms with van der Waals surface area (Å²) in [5.74, 6) is 0.147. The molecule has 3 rings (SSSR count). The number of carbonyl (C=O) groups is 1. The second kappa shape index (κ2) is 6.16. The van der Waals surface area contributed by atoms with Crippen LogP contribution in [-0.2, 0) is 7.05 Å². The van der Waals surface area contributed by atoms with Gasteiger partial charge in [-0.15, -0.1) is 10.2 Å². The minimum absolute atomic E-state index is 0.0260. The zero-order chi connectivity index (χ0) is 17.3. The molecule has 0 atom stereocenters. The summed E-state index contributed by atoms with van der Waals surface area (Å²) in [6.45, 7) is 1.95. The molecule has 1 amide bonds. The number of fused-ring (bicyclic) bond motifs is 1. The van der Waals surface area contributed by atoms with E-state index < -0.39 is 5.91 Å². The maximum absolute atomic E-state index is 12.1. The predicted octanol–water partition coefficient (Wildman–Crippen LogP) is 4.13. The number of aromatic hydroxyl groups is 1. The van der Waals surface area contributed by atoms with Crippen LogP contribution in [0.5, 0.6) is 11.6 Å². The monoisotopic (exact) mass is 323 g/mol. The highest BCUT2D eigenvalue weighted by atomic mass is 16.5. The van der Waals surface area contributed by atoms with E-state index >= 15 is 0 Å². The van der Waals surface area contributed by atoms with Gasteiger partial charge in [0.15, 0.2) is 5.69 Å². The van der Waals surface area contributed by atoms with Crippen molar-refractivity contribution in [3.8, 4) is 11.6 Å². The van der Waals surface area contributed by atoms with Gasteiger partial charge < -0.3 is 14.4 Å². The molecule has 0 saturated heterocycles. The van der Waals surface area contributed by atoms with Crippen molar-refractivity contribution in [1.82, 2.24) is 4.57 Å². The number of amides is 1. The summed E-state index contributed by atoms with van der Waals surface area (Å²) < 4.78 is 6.67. The van der Waals surface area contributed by atoms with Crippen LogP contribution in [0.25, 0.3) is 10.9 Å². The fourth-order valence-electron chi connectivity index (χ4n) is 2.51. The number of rotatable bonds is 3. The van der Waals surface area contributed by atoms with Crippen molar-refractivity contribution >= 4 is 22.5 Å². The molecule has 0 radical (unpaired) electrons. The van der Waals surface area contributed by atoms with Crippen LogP contribution in [0.4, 0.5) is 5.69 Å². The maximum atomic E-state index is 12.1. The number of carbonyl (C=O) groups excluding carboxylic acids is 1. The fourth-order valence-corrected chi connectivity index (χ4v) is 2.51. The Kier molecular flexibility index (Phi) is 4.04. The van der Waals surface area contributed by atoms with E-state index in [0.717, 1.165) is 16.5 Å². The smallest absolute Gasteiger partial charge is 0.295 e. The number of hydrogen-bond acceptors (Lipinski definition) is 4. The summed E-state index contributed by atoms with van der Waals surface area (Å²) in [5.41, 5.74) is 2.54. The lowest BCUT2D eigenvalue weighted by atomic mass is 10.1. The highest BCUT2D eigenvalue weighted by Crippen LogP contribution is 2.38. The highest BCUT2D eigenvalue weighted by molar-refractivity contribution is 5.97. The number of ether oxygens (including phenoxy) is 1. The third-order valence-electron chi connectivity index (χ3n) is 3.88. The zero-order valence-corrected chi connectivity index (χ0v) is 13.6. The van der Waals surface area contributed by atoms with E-state index in [-0.39, 0.29) is 11.6 Å². The number of methoxy groups -OCH3 is 1. The molecule has 2 aromatic carbocycles. The molecule has 1 aromatic heterocycles. The molecule has 0 aliphatic heterocycles. The SMILES string of the molecule is COc1ccc(C(=O)N=Nc2c(O)n(C)c3ccc(C)cc23)cc1. The summed E-state index contributed by atoms with van der Waals surface area (Å²) in [7, 11) is 3.29. The lowest BCUT2D eigenvalue weighted by Crippen LogP contribution is -1.93. The number of aryl methyl sites for hydroxylation is 2. The van der Waals surface area contributed by atoms with Gasteiger partial charge in [0.25, 0.3) is 5.91 Å². The van der Waals surface area contributed by atoms with Crippen LogP contribution in [0.2, 0.25) is 0 Å². The summed E-state index contributed by atoms with van der Waals surface area (Å²) in [4.78, 5) is 12.1. The Bertz CT molecular complexity index is 940. The van der Waals surface area contributed by atoms with Gasteiger partial charge in [-0.2, -0.15) is 0 Å². The first-order chi connectivity index (χ1) is 11.5. The van der Waals surface area contributed by atoms with Gasteiger partial charge in [-0.05, 0) is 43.3 Å². The molecule has 122 valence electrons. The molecule has 0 saturated carbocycles. The largest absolute Gasteiger partial charge is 0.497 e. The third kappa shape index (κ3) is 2.74. The van der Waals surface area contributed by atoms with Crippen molar-refractivity contribution in [3.05, 3.63) is 53.6 Å². The summed E-state index contributed by atoms with van der Waals surface area (Å²) in [5, 5.41) is 18.7. The van der Waals surface area contributed by atoms with E-state index in [1.54, 1.807) is 43.0 Å². The molecule has 6 heteroatoms. The van der Waals surface area contributed by atoms with Crippen molar-refractivity contribution in [2.24, 2.45) is 17.3 Å². The lowest BCUT2D eigenvalue weighted by molar-refractivity contribution is 0.0995. The first-order valence-electron chi connectivity index (χ1n) is 7.39. The summed E-state index contributed by atoms with van der Waals surface area (Å²) in [6, 6.07) is 12.4. The normalized spacial score (nSPS) is 11.3. The first-order valence-corrected chi connectivity index (χ1v) is 7.39. The Balaban J connectivity index is 1.96. The number of azo groups is 1. The maximum Gasteiger partial charge on any atom is 0.295 e. The van der Waals surface area contributed by atoms with Crippen molar-refractivity contribution in [2.75, 3.05) is 7.11 Å². The molecule has 1 heterocycles. The van der Waals surface area contributed by atoms with Gasteiger partial charge in [-0.25, -0.2) is 0 Å². The Morgan fingerprint density at radius 3 is 2.54 bits per heavy atom. The first kappa shape index (κ1) is 15.7. The Morgan fingerprint density at radius 1 is 1.17 bits per heavy atom. The molecular formula is C18H17N3O3. The van der Waals surface area contributed by atoms with E-state index in [1.807, 2.05) is 25.1 Å². The van der Waals surface area contributed by atoms with Crippen LogP contribution in [0, 0.1) is 6.92 Å². The molecule has 0 fully saturated rings. The lowest BCUT2D eigenvalue weighted by Gasteiger charge is -1.99. The van der Waals surface area contributed by atoms with Crippen molar-refractivity contribution in [1.29, 1.82) is 0 Å². The van der Waals surface area contributed by atoms with Crippen LogP contribution in [0.1, 0.15) is 15.9 Å². The molecule has 0 aliphatic carbocycles. The van der Waals surface area contributed by atoms with E-state index in [1.165, 1.54) is 0 Å². The van der Waals surface area contributed by atoms with E-state index in [9.17, 15) is 9.90 Å². The average Bonchev–Trinajstić information content (AvgIpc) is 2.83. The zero-order valence-electron chi connectivity index (χ0n) is 13.6. The van der Waals surface area contributed by atoms with Gasteiger partial charge in [-0.1, -0.05) is 11.6 Å². The minimum Gasteiger partial charge on any atom is -0.497 e. The van der Waals surface area contributed by atoms with Crippen LogP contribution in [0.3, 0.4) is 0 Å². The van der Waals surface area contributed by atoms with Crippen LogP contribution in [0.15, 0.2) is 52.7 Å². The molecule has 0 spiro atoms. The highest BCUT2D eigenvalue weighted by Gasteiger charge is 2.15. The number of benzene rings is 2. The topological polar surface area (TPSA) is 76.2 Å². The number of nitrogens with zero attached hydrogens (tertiary/aromatic N) is 3. The van der Waals surface area contributed by atoms with E-state index in [2.05, 4.69) is 10.2 Å². The van der Waals surface area contributed by atoms with Gasteiger partial charge in [-0.3, -0.25) is 4.79 Å². The fraction of sp³-hybridized carbons (Fsp3) is 0.167. The van der Waals surface area contributed by atoms with E-state index in [4.69, 9.17) is 4.74 Å². The Morgan fingerprint density at radius 2 is 1.88 bits per heavy atom. The molecular weight excluding hydrogens is 306 g/mol. The summed E-state index contributed by atoms with van der Waals surface area (Å²) >= 11 is 0. The Hall–Kier alpha value is -3.15. The van der Waals surface area contributed by atoms with Gasteiger partial charge in [0.1, 0.15) is 5.75 Å². The average molecular weight is 323 g/mol. The number of aromatic nitrogens is 1. The van der Waals surface area contributed by atoms with Crippen molar-refractivity contribution < 1.29 is 14.6 Å². The minimum atomic E-state index is -0.485. The second-order valence-corrected chi connectivity index (χ2v) is 5.49. The molecule has 6 nitrogen and oxygen atoms in total. The van der Waals surface area contributed by atoms with E-state index in [0.29, 0.717) is 11.3 Å². The molecule has 3 aromatic rings. The molecule has 0 aliphatic rings. The third-order valence-corrected chi connectivity index (χ3v) is 3.88. The standard InChI is InChI=1S/C18H17N3O3/c1-11-4-9-15-14(10-11)16(18(23)21(15)2)19-20-17(22)12-5-7-13(24-3)8-6-12/h4-10,23H,1-3H3. The number of hydrogen-bond donors (Lipinski definition) is 1. The second-order valence-electron chi connectivity index (χ2n) is 5.49. The molecule has 24 heavy (non-hydrogen) atoms. The van der Waals surface area contributed by atoms with Crippen LogP contribution in [-0.4, -0.2) is 22.7 Å². The van der Waals surface area contributed by atoms with Crippen LogP contribution >= 0.6 is 0 Å². The van der Waals surface area contributed by atoms with Gasteiger partial charge in [0.05, 0.1) is 12.6 Å². The van der Waals surface area contributed by atoms with Crippen LogP contribution < -0.4 is 4.74 Å². The quantitative estimate of drug-likeness (QED) is 0.736. The van der Waals surface area contributed by atoms with Gasteiger partial charge >= 0.3 is 0 Å². The molecule has 0 bridgehead atoms. The molecule has 1 N–H and O–H groups in total. The van der Waals surface area contributed by atoms with Gasteiger partial charge in [0, 0.05) is 18.0 Å². The molecule has 0 unspecified atom stereocenters. The van der Waals surface area contributed by atoms with Gasteiger partial charge in [0.2, 0.25) is 5.88 Å².